The van der Waals surface area contributed by atoms with Gasteiger partial charge in [0, 0.05) is 27.3 Å². The Kier molecular flexibility index (Phi) is 9.03. The smallest absolute Gasteiger partial charge is 0.349 e. The van der Waals surface area contributed by atoms with Crippen LogP contribution in [0.2, 0.25) is 0 Å². The predicted molar refractivity (Wildman–Crippen MR) is 62.5 cm³/mol. The molecule has 0 bridgehead atoms. The van der Waals surface area contributed by atoms with E-state index in [4.69, 9.17) is 8.85 Å². The summed E-state index contributed by atoms with van der Waals surface area (Å²) >= 11 is 0. The van der Waals surface area contributed by atoms with Crippen LogP contribution in [0.25, 0.3) is 0 Å². The molecular weight excluding hydrogens is 194 g/mol. The van der Waals surface area contributed by atoms with E-state index in [0.717, 1.165) is 13.1 Å². The second-order valence-corrected chi connectivity index (χ2v) is 5.28. The van der Waals surface area contributed by atoms with Gasteiger partial charge in [-0.15, -0.1) is 0 Å². The summed E-state index contributed by atoms with van der Waals surface area (Å²) in [5.74, 6) is 0. The molecule has 14 heavy (non-hydrogen) atoms. The first-order chi connectivity index (χ1) is 6.78. The van der Waals surface area contributed by atoms with Gasteiger partial charge in [0.2, 0.25) is 0 Å². The molecule has 84 valence electrons. The molecule has 0 rings (SSSR count). The summed E-state index contributed by atoms with van der Waals surface area (Å²) < 4.78 is 10.4. The fourth-order valence-electron chi connectivity index (χ4n) is 1.28. The second-order valence-electron chi connectivity index (χ2n) is 3.22. The maximum absolute atomic E-state index is 5.21. The van der Waals surface area contributed by atoms with Crippen LogP contribution in [-0.2, 0) is 8.85 Å². The monoisotopic (exact) mass is 217 g/mol. The molecule has 0 aromatic rings. The fourth-order valence-corrected chi connectivity index (χ4v) is 2.17. The molecule has 3 nitrogen and oxygen atoms in total. The third-order valence-electron chi connectivity index (χ3n) is 1.94. The van der Waals surface area contributed by atoms with Crippen LogP contribution >= 0.6 is 0 Å². The summed E-state index contributed by atoms with van der Waals surface area (Å²) in [5, 5.41) is 0. The highest BCUT2D eigenvalue weighted by atomic mass is 28.3. The van der Waals surface area contributed by atoms with E-state index in [1.807, 2.05) is 0 Å². The molecule has 0 aliphatic rings. The molecular formula is C10H23NO2Si. The highest BCUT2D eigenvalue weighted by molar-refractivity contribution is 6.50. The summed E-state index contributed by atoms with van der Waals surface area (Å²) in [5.41, 5.74) is 2.07. The zero-order chi connectivity index (χ0) is 10.8. The predicted octanol–water partition coefficient (Wildman–Crippen LogP) is 1.67. The number of nitrogens with zero attached hydrogens (tertiary/aromatic N) is 1. The van der Waals surface area contributed by atoms with E-state index in [1.165, 1.54) is 12.8 Å². The Hall–Kier alpha value is -0.323. The van der Waals surface area contributed by atoms with Gasteiger partial charge in [-0.2, -0.15) is 0 Å². The SMILES string of the molecule is CCCN(C=C[SiH](OC)OC)CCC. The van der Waals surface area contributed by atoms with Crippen LogP contribution in [0, 0.1) is 0 Å². The number of rotatable bonds is 8. The molecule has 0 N–H and O–H groups in total. The average Bonchev–Trinajstić information content (AvgIpc) is 2.20. The topological polar surface area (TPSA) is 21.7 Å². The minimum absolute atomic E-state index is 1.11. The van der Waals surface area contributed by atoms with Gasteiger partial charge in [0.15, 0.2) is 0 Å². The molecule has 0 radical (unpaired) electrons. The molecule has 0 aromatic heterocycles. The molecule has 0 unspecified atom stereocenters. The number of hydrogen-bond donors (Lipinski definition) is 0. The summed E-state index contributed by atoms with van der Waals surface area (Å²) in [7, 11) is 1.89. The molecule has 0 aliphatic heterocycles. The van der Waals surface area contributed by atoms with Gasteiger partial charge in [-0.3, -0.25) is 0 Å². The van der Waals surface area contributed by atoms with E-state index in [9.17, 15) is 0 Å². The zero-order valence-electron chi connectivity index (χ0n) is 9.82. The van der Waals surface area contributed by atoms with E-state index >= 15 is 0 Å². The quantitative estimate of drug-likeness (QED) is 0.577. The molecule has 0 atom stereocenters. The van der Waals surface area contributed by atoms with Crippen molar-refractivity contribution in [2.45, 2.75) is 26.7 Å². The van der Waals surface area contributed by atoms with Crippen molar-refractivity contribution in [3.63, 3.8) is 0 Å². The molecule has 0 amide bonds. The van der Waals surface area contributed by atoms with Crippen molar-refractivity contribution in [3.8, 4) is 0 Å². The molecule has 4 heteroatoms. The molecule has 0 aromatic carbocycles. The van der Waals surface area contributed by atoms with Gasteiger partial charge < -0.3 is 13.8 Å². The zero-order valence-corrected chi connectivity index (χ0v) is 11.0. The van der Waals surface area contributed by atoms with Crippen LogP contribution in [0.15, 0.2) is 11.9 Å². The van der Waals surface area contributed by atoms with Crippen LogP contribution in [0.1, 0.15) is 26.7 Å². The van der Waals surface area contributed by atoms with Crippen molar-refractivity contribution in [2.24, 2.45) is 0 Å². The lowest BCUT2D eigenvalue weighted by molar-refractivity contribution is 0.289. The first-order valence-electron chi connectivity index (χ1n) is 5.26. The summed E-state index contributed by atoms with van der Waals surface area (Å²) in [6, 6.07) is 0. The average molecular weight is 217 g/mol. The Morgan fingerprint density at radius 1 is 1.07 bits per heavy atom. The summed E-state index contributed by atoms with van der Waals surface area (Å²) in [6.45, 7) is 6.61. The largest absolute Gasteiger partial charge is 0.397 e. The van der Waals surface area contributed by atoms with Gasteiger partial charge in [-0.05, 0) is 24.7 Å². The van der Waals surface area contributed by atoms with Crippen LogP contribution in [0.4, 0.5) is 0 Å². The van der Waals surface area contributed by atoms with Crippen molar-refractivity contribution in [2.75, 3.05) is 27.3 Å². The van der Waals surface area contributed by atoms with Crippen LogP contribution < -0.4 is 0 Å². The van der Waals surface area contributed by atoms with Crippen LogP contribution in [0.3, 0.4) is 0 Å². The van der Waals surface area contributed by atoms with Crippen molar-refractivity contribution in [1.82, 2.24) is 4.90 Å². The molecule has 0 saturated heterocycles. The molecule has 0 saturated carbocycles. The van der Waals surface area contributed by atoms with Gasteiger partial charge in [0.05, 0.1) is 0 Å². The van der Waals surface area contributed by atoms with Gasteiger partial charge in [-0.1, -0.05) is 13.8 Å². The highest BCUT2D eigenvalue weighted by Gasteiger charge is 2.04. The van der Waals surface area contributed by atoms with Crippen molar-refractivity contribution >= 4 is 9.28 Å². The lowest BCUT2D eigenvalue weighted by Gasteiger charge is -2.19. The normalized spacial score (nSPS) is 11.5. The standard InChI is InChI=1S/C10H23NO2Si/c1-5-7-11(8-6-2)9-10-14(12-3)13-4/h9-10,14H,5-8H2,1-4H3. The van der Waals surface area contributed by atoms with Gasteiger partial charge >= 0.3 is 9.28 Å². The Morgan fingerprint density at radius 2 is 1.57 bits per heavy atom. The van der Waals surface area contributed by atoms with Gasteiger partial charge in [-0.25, -0.2) is 0 Å². The molecule has 0 aliphatic carbocycles. The van der Waals surface area contributed by atoms with Crippen molar-refractivity contribution < 1.29 is 8.85 Å². The first-order valence-corrected chi connectivity index (χ1v) is 6.87. The van der Waals surface area contributed by atoms with E-state index in [-0.39, 0.29) is 0 Å². The Balaban J connectivity index is 3.97. The van der Waals surface area contributed by atoms with E-state index in [0.29, 0.717) is 0 Å². The summed E-state index contributed by atoms with van der Waals surface area (Å²) in [4.78, 5) is 2.32. The van der Waals surface area contributed by atoms with Gasteiger partial charge in [0.1, 0.15) is 0 Å². The lowest BCUT2D eigenvalue weighted by Crippen LogP contribution is -2.22. The number of hydrogen-bond acceptors (Lipinski definition) is 3. The summed E-state index contributed by atoms with van der Waals surface area (Å²) in [6.07, 6.45) is 4.48. The Morgan fingerprint density at radius 3 is 1.93 bits per heavy atom. The van der Waals surface area contributed by atoms with Crippen LogP contribution in [-0.4, -0.2) is 41.5 Å². The molecule has 0 heterocycles. The minimum atomic E-state index is -1.52. The van der Waals surface area contributed by atoms with Crippen LogP contribution in [0.5, 0.6) is 0 Å². The molecule has 0 spiro atoms. The molecule has 0 fully saturated rings. The highest BCUT2D eigenvalue weighted by Crippen LogP contribution is 1.97. The van der Waals surface area contributed by atoms with E-state index < -0.39 is 9.28 Å². The van der Waals surface area contributed by atoms with Crippen molar-refractivity contribution in [3.05, 3.63) is 11.9 Å². The van der Waals surface area contributed by atoms with Crippen molar-refractivity contribution in [1.29, 1.82) is 0 Å². The van der Waals surface area contributed by atoms with Gasteiger partial charge in [0.25, 0.3) is 0 Å². The minimum Gasteiger partial charge on any atom is -0.397 e. The third-order valence-corrected chi connectivity index (χ3v) is 3.36. The van der Waals surface area contributed by atoms with E-state index in [2.05, 4.69) is 30.6 Å². The fraction of sp³-hybridized carbons (Fsp3) is 0.800. The second kappa shape index (κ2) is 9.24. The Bertz CT molecular complexity index is 143. The Labute approximate surface area is 89.5 Å². The maximum Gasteiger partial charge on any atom is 0.349 e. The maximum atomic E-state index is 5.21. The lowest BCUT2D eigenvalue weighted by atomic mass is 10.4. The van der Waals surface area contributed by atoms with E-state index in [1.54, 1.807) is 14.2 Å². The first kappa shape index (κ1) is 13.7. The third kappa shape index (κ3) is 6.18.